The Kier molecular flexibility index (Phi) is 6.44. The van der Waals surface area contributed by atoms with Gasteiger partial charge in [-0.3, -0.25) is 4.90 Å². The summed E-state index contributed by atoms with van der Waals surface area (Å²) in [7, 11) is 0. The van der Waals surface area contributed by atoms with Crippen molar-refractivity contribution in [2.75, 3.05) is 0 Å². The molecule has 2 aromatic rings. The molecule has 2 nitrogen and oxygen atoms in total. The molecule has 0 heterocycles. The van der Waals surface area contributed by atoms with Crippen LogP contribution in [-0.4, -0.2) is 28.1 Å². The van der Waals surface area contributed by atoms with Gasteiger partial charge >= 0.3 is 0 Å². The van der Waals surface area contributed by atoms with Gasteiger partial charge in [0.05, 0.1) is 0 Å². The quantitative estimate of drug-likeness (QED) is 0.734. The zero-order valence-electron chi connectivity index (χ0n) is 15.6. The molecule has 0 bridgehead atoms. The van der Waals surface area contributed by atoms with Crippen LogP contribution in [0, 0.1) is 0 Å². The highest BCUT2D eigenvalue weighted by atomic mass is 16.3. The van der Waals surface area contributed by atoms with E-state index in [0.717, 1.165) is 12.0 Å². The van der Waals surface area contributed by atoms with E-state index in [2.05, 4.69) is 69.9 Å². The number of nitrogens with zero attached hydrogens (tertiary/aromatic N) is 1. The summed E-state index contributed by atoms with van der Waals surface area (Å²) in [4.78, 5) is 2.55. The molecule has 0 amide bonds. The summed E-state index contributed by atoms with van der Waals surface area (Å²) in [5, 5.41) is 10.4. The van der Waals surface area contributed by atoms with Gasteiger partial charge in [0.1, 0.15) is 5.75 Å². The van der Waals surface area contributed by atoms with Crippen molar-refractivity contribution in [3.63, 3.8) is 0 Å². The average molecular weight is 325 g/mol. The first-order valence-corrected chi connectivity index (χ1v) is 9.02. The molecule has 0 aliphatic carbocycles. The monoisotopic (exact) mass is 325 g/mol. The Bertz CT molecular complexity index is 613. The fraction of sp³-hybridized carbons (Fsp3) is 0.455. The molecule has 24 heavy (non-hydrogen) atoms. The third kappa shape index (κ3) is 4.39. The maximum absolute atomic E-state index is 10.4. The summed E-state index contributed by atoms with van der Waals surface area (Å²) < 4.78 is 0. The fourth-order valence-electron chi connectivity index (χ4n) is 3.99. The van der Waals surface area contributed by atoms with E-state index in [1.54, 1.807) is 6.07 Å². The van der Waals surface area contributed by atoms with Crippen LogP contribution in [0.15, 0.2) is 54.6 Å². The molecule has 1 N–H and O–H groups in total. The molecular formula is C22H31NO. The lowest BCUT2D eigenvalue weighted by atomic mass is 9.85. The van der Waals surface area contributed by atoms with Gasteiger partial charge in [0.25, 0.3) is 0 Å². The highest BCUT2D eigenvalue weighted by Gasteiger charge is 2.26. The normalized spacial score (nSPS) is 14.3. The molecule has 1 unspecified atom stereocenters. The second kappa shape index (κ2) is 8.34. The van der Waals surface area contributed by atoms with Crippen LogP contribution in [0.25, 0.3) is 0 Å². The van der Waals surface area contributed by atoms with Crippen molar-refractivity contribution < 1.29 is 5.11 Å². The lowest BCUT2D eigenvalue weighted by Crippen LogP contribution is -2.44. The van der Waals surface area contributed by atoms with Gasteiger partial charge in [-0.1, -0.05) is 48.5 Å². The number of para-hydroxylation sites is 1. The van der Waals surface area contributed by atoms with E-state index in [1.165, 1.54) is 5.56 Å². The number of benzene rings is 2. The summed E-state index contributed by atoms with van der Waals surface area (Å²) >= 11 is 0. The first kappa shape index (κ1) is 18.5. The number of hydrogen-bond acceptors (Lipinski definition) is 2. The smallest absolute Gasteiger partial charge is 0.119 e. The van der Waals surface area contributed by atoms with Crippen molar-refractivity contribution in [3.05, 3.63) is 65.7 Å². The molecule has 0 spiro atoms. The van der Waals surface area contributed by atoms with E-state index in [4.69, 9.17) is 0 Å². The Balaban J connectivity index is 2.36. The number of phenols is 1. The molecule has 2 rings (SSSR count). The number of hydrogen-bond donors (Lipinski definition) is 1. The van der Waals surface area contributed by atoms with Crippen LogP contribution in [0.1, 0.15) is 58.1 Å². The molecule has 2 atom stereocenters. The SMILES string of the molecule is CC(C)N(C(C)C)C(C)C[C@H](c1ccccc1)c1ccccc1O. The van der Waals surface area contributed by atoms with Crippen LogP contribution in [0.3, 0.4) is 0 Å². The van der Waals surface area contributed by atoms with Gasteiger partial charge in [0.2, 0.25) is 0 Å². The standard InChI is InChI=1S/C22H31NO/c1-16(2)23(17(3)4)18(5)15-21(19-11-7-6-8-12-19)20-13-9-10-14-22(20)24/h6-14,16-18,21,24H,15H2,1-5H3/t18?,21-/m1/s1. The lowest BCUT2D eigenvalue weighted by molar-refractivity contribution is 0.114. The molecule has 0 saturated carbocycles. The summed E-state index contributed by atoms with van der Waals surface area (Å²) in [6, 6.07) is 19.7. The second-order valence-electron chi connectivity index (χ2n) is 7.24. The predicted octanol–water partition coefficient (Wildman–Crippen LogP) is 5.42. The lowest BCUT2D eigenvalue weighted by Gasteiger charge is -2.38. The minimum absolute atomic E-state index is 0.197. The third-order valence-corrected chi connectivity index (χ3v) is 4.79. The zero-order chi connectivity index (χ0) is 17.7. The van der Waals surface area contributed by atoms with Gasteiger partial charge in [0, 0.05) is 29.6 Å². The highest BCUT2D eigenvalue weighted by Crippen LogP contribution is 2.35. The maximum Gasteiger partial charge on any atom is 0.119 e. The molecular weight excluding hydrogens is 294 g/mol. The van der Waals surface area contributed by atoms with Gasteiger partial charge in [-0.05, 0) is 52.7 Å². The minimum Gasteiger partial charge on any atom is -0.508 e. The Morgan fingerprint density at radius 1 is 0.792 bits per heavy atom. The van der Waals surface area contributed by atoms with E-state index in [1.807, 2.05) is 18.2 Å². The van der Waals surface area contributed by atoms with Crippen molar-refractivity contribution in [3.8, 4) is 5.75 Å². The van der Waals surface area contributed by atoms with Crippen LogP contribution in [0.4, 0.5) is 0 Å². The summed E-state index contributed by atoms with van der Waals surface area (Å²) in [6.07, 6.45) is 0.984. The number of phenolic OH excluding ortho intramolecular Hbond substituents is 1. The molecule has 0 radical (unpaired) electrons. The van der Waals surface area contributed by atoms with Gasteiger partial charge in [-0.2, -0.15) is 0 Å². The van der Waals surface area contributed by atoms with E-state index in [9.17, 15) is 5.11 Å². The van der Waals surface area contributed by atoms with Crippen molar-refractivity contribution >= 4 is 0 Å². The third-order valence-electron chi connectivity index (χ3n) is 4.79. The summed E-state index contributed by atoms with van der Waals surface area (Å²) in [6.45, 7) is 11.3. The molecule has 0 saturated heterocycles. The summed E-state index contributed by atoms with van der Waals surface area (Å²) in [5.41, 5.74) is 2.28. The summed E-state index contributed by atoms with van der Waals surface area (Å²) in [5.74, 6) is 0.585. The van der Waals surface area contributed by atoms with Crippen molar-refractivity contribution in [1.82, 2.24) is 4.90 Å². The predicted molar refractivity (Wildman–Crippen MR) is 103 cm³/mol. The largest absolute Gasteiger partial charge is 0.508 e. The molecule has 2 aromatic carbocycles. The van der Waals surface area contributed by atoms with Gasteiger partial charge in [-0.25, -0.2) is 0 Å². The van der Waals surface area contributed by atoms with Crippen molar-refractivity contribution in [2.45, 2.75) is 65.1 Å². The topological polar surface area (TPSA) is 23.5 Å². The second-order valence-corrected chi connectivity index (χ2v) is 7.24. The minimum atomic E-state index is 0.197. The van der Waals surface area contributed by atoms with Gasteiger partial charge in [-0.15, -0.1) is 0 Å². The van der Waals surface area contributed by atoms with Crippen LogP contribution < -0.4 is 0 Å². The van der Waals surface area contributed by atoms with Crippen LogP contribution in [0.5, 0.6) is 5.75 Å². The highest BCUT2D eigenvalue weighted by molar-refractivity contribution is 5.41. The Labute approximate surface area is 147 Å². The Morgan fingerprint density at radius 2 is 1.33 bits per heavy atom. The van der Waals surface area contributed by atoms with Crippen LogP contribution in [-0.2, 0) is 0 Å². The number of rotatable bonds is 7. The first-order chi connectivity index (χ1) is 11.4. The maximum atomic E-state index is 10.4. The zero-order valence-corrected chi connectivity index (χ0v) is 15.6. The van der Waals surface area contributed by atoms with Gasteiger partial charge < -0.3 is 5.11 Å². The van der Waals surface area contributed by atoms with Crippen LogP contribution in [0.2, 0.25) is 0 Å². The number of aromatic hydroxyl groups is 1. The molecule has 2 heteroatoms. The molecule has 0 aliphatic rings. The molecule has 0 aromatic heterocycles. The first-order valence-electron chi connectivity index (χ1n) is 9.02. The van der Waals surface area contributed by atoms with Gasteiger partial charge in [0.15, 0.2) is 0 Å². The Morgan fingerprint density at radius 3 is 1.88 bits per heavy atom. The van der Waals surface area contributed by atoms with Crippen molar-refractivity contribution in [1.29, 1.82) is 0 Å². The van der Waals surface area contributed by atoms with E-state index in [0.29, 0.717) is 23.9 Å². The molecule has 0 fully saturated rings. The fourth-order valence-corrected chi connectivity index (χ4v) is 3.99. The van der Waals surface area contributed by atoms with E-state index in [-0.39, 0.29) is 5.92 Å². The Hall–Kier alpha value is -1.80. The van der Waals surface area contributed by atoms with Crippen molar-refractivity contribution in [2.24, 2.45) is 0 Å². The van der Waals surface area contributed by atoms with E-state index >= 15 is 0 Å². The molecule has 0 aliphatic heterocycles. The molecule has 130 valence electrons. The van der Waals surface area contributed by atoms with Crippen LogP contribution >= 0.6 is 0 Å². The van der Waals surface area contributed by atoms with E-state index < -0.39 is 0 Å². The average Bonchev–Trinajstić information content (AvgIpc) is 2.53.